The number of urea groups is 1. The van der Waals surface area contributed by atoms with Crippen LogP contribution in [0.1, 0.15) is 0 Å². The molecular formula is C9H10N2O3S2. The molecular weight excluding hydrogens is 248 g/mol. The van der Waals surface area contributed by atoms with Crippen molar-refractivity contribution in [3.63, 3.8) is 0 Å². The number of nitrogens with zero attached hydrogens (tertiary/aromatic N) is 1. The zero-order valence-electron chi connectivity index (χ0n) is 8.25. The molecule has 1 aromatic rings. The molecule has 1 fully saturated rings. The van der Waals surface area contributed by atoms with Gasteiger partial charge in [-0.2, -0.15) is 11.3 Å². The zero-order valence-corrected chi connectivity index (χ0v) is 9.88. The highest BCUT2D eigenvalue weighted by atomic mass is 32.2. The summed E-state index contributed by atoms with van der Waals surface area (Å²) in [5, 5.41) is 15.2. The van der Waals surface area contributed by atoms with Gasteiger partial charge in [0.05, 0.1) is 11.6 Å². The number of carboxylic acid groups (broad SMARTS) is 1. The van der Waals surface area contributed by atoms with Gasteiger partial charge in [-0.05, 0) is 11.4 Å². The average Bonchev–Trinajstić information content (AvgIpc) is 2.86. The van der Waals surface area contributed by atoms with Gasteiger partial charge in [0, 0.05) is 11.1 Å². The minimum absolute atomic E-state index is 0.351. The van der Waals surface area contributed by atoms with Crippen molar-refractivity contribution in [2.24, 2.45) is 0 Å². The summed E-state index contributed by atoms with van der Waals surface area (Å²) in [6, 6.07) is 0.709. The number of carboxylic acids is 1. The van der Waals surface area contributed by atoms with Crippen molar-refractivity contribution in [2.75, 3.05) is 16.9 Å². The highest BCUT2D eigenvalue weighted by Crippen LogP contribution is 2.22. The first-order valence-corrected chi connectivity index (χ1v) is 6.68. The Morgan fingerprint density at radius 3 is 3.00 bits per heavy atom. The molecule has 5 nitrogen and oxygen atoms in total. The first-order valence-electron chi connectivity index (χ1n) is 4.59. The van der Waals surface area contributed by atoms with E-state index < -0.39 is 12.0 Å². The van der Waals surface area contributed by atoms with Crippen LogP contribution in [0.25, 0.3) is 0 Å². The predicted octanol–water partition coefficient (Wildman–Crippen LogP) is 1.74. The van der Waals surface area contributed by atoms with Crippen LogP contribution in [0.15, 0.2) is 16.8 Å². The lowest BCUT2D eigenvalue weighted by Crippen LogP contribution is -2.43. The highest BCUT2D eigenvalue weighted by Gasteiger charge is 2.34. The van der Waals surface area contributed by atoms with E-state index in [4.69, 9.17) is 5.11 Å². The normalized spacial score (nSPS) is 19.8. The Hall–Kier alpha value is -1.21. The van der Waals surface area contributed by atoms with Crippen LogP contribution in [0.2, 0.25) is 0 Å². The lowest BCUT2D eigenvalue weighted by atomic mass is 10.3. The number of hydrogen-bond donors (Lipinski definition) is 2. The summed E-state index contributed by atoms with van der Waals surface area (Å²) in [7, 11) is 0. The number of anilines is 1. The maximum absolute atomic E-state index is 11.8. The molecule has 16 heavy (non-hydrogen) atoms. The van der Waals surface area contributed by atoms with Crippen LogP contribution in [0.5, 0.6) is 0 Å². The van der Waals surface area contributed by atoms with Gasteiger partial charge in [-0.3, -0.25) is 0 Å². The van der Waals surface area contributed by atoms with Gasteiger partial charge in [0.15, 0.2) is 0 Å². The Bertz CT molecular complexity index is 393. The molecule has 0 saturated carbocycles. The molecule has 1 aromatic heterocycles. The van der Waals surface area contributed by atoms with E-state index in [2.05, 4.69) is 5.32 Å². The van der Waals surface area contributed by atoms with Gasteiger partial charge in [-0.15, -0.1) is 11.8 Å². The zero-order chi connectivity index (χ0) is 11.5. The largest absolute Gasteiger partial charge is 0.480 e. The third-order valence-corrected chi connectivity index (χ3v) is 3.90. The Balaban J connectivity index is 2.01. The summed E-state index contributed by atoms with van der Waals surface area (Å²) in [5.41, 5.74) is 0.705. The number of nitrogens with one attached hydrogen (secondary N) is 1. The van der Waals surface area contributed by atoms with Gasteiger partial charge in [0.1, 0.15) is 6.04 Å². The number of thioether (sulfide) groups is 1. The van der Waals surface area contributed by atoms with Crippen molar-refractivity contribution < 1.29 is 14.7 Å². The number of carbonyl (C=O) groups is 2. The Morgan fingerprint density at radius 1 is 1.56 bits per heavy atom. The number of rotatable bonds is 2. The number of amides is 2. The average molecular weight is 258 g/mol. The molecule has 2 rings (SSSR count). The monoisotopic (exact) mass is 258 g/mol. The maximum Gasteiger partial charge on any atom is 0.327 e. The highest BCUT2D eigenvalue weighted by molar-refractivity contribution is 7.99. The Morgan fingerprint density at radius 2 is 2.38 bits per heavy atom. The molecule has 2 amide bonds. The molecule has 0 radical (unpaired) electrons. The molecule has 0 bridgehead atoms. The van der Waals surface area contributed by atoms with Gasteiger partial charge < -0.3 is 15.3 Å². The standard InChI is InChI=1S/C9H10N2O3S2/c12-8(13)7-4-16-5-11(7)9(14)10-6-1-2-15-3-6/h1-3,7H,4-5H2,(H,10,14)(H,12,13). The van der Waals surface area contributed by atoms with Crippen LogP contribution in [0.3, 0.4) is 0 Å². The number of hydrogen-bond acceptors (Lipinski definition) is 4. The number of thiophene rings is 1. The number of carbonyl (C=O) groups excluding carboxylic acids is 1. The van der Waals surface area contributed by atoms with Gasteiger partial charge in [-0.1, -0.05) is 0 Å². The molecule has 1 saturated heterocycles. The molecule has 86 valence electrons. The maximum atomic E-state index is 11.8. The summed E-state index contributed by atoms with van der Waals surface area (Å²) in [4.78, 5) is 24.0. The molecule has 7 heteroatoms. The fourth-order valence-corrected chi connectivity index (χ4v) is 3.11. The van der Waals surface area contributed by atoms with Crippen molar-refractivity contribution in [3.8, 4) is 0 Å². The summed E-state index contributed by atoms with van der Waals surface area (Å²) in [6.45, 7) is 0. The quantitative estimate of drug-likeness (QED) is 0.847. The van der Waals surface area contributed by atoms with Crippen LogP contribution in [-0.2, 0) is 4.79 Å². The van der Waals surface area contributed by atoms with Crippen molar-refractivity contribution in [3.05, 3.63) is 16.8 Å². The first-order chi connectivity index (χ1) is 7.68. The summed E-state index contributed by atoms with van der Waals surface area (Å²) in [5.74, 6) is -0.0789. The van der Waals surface area contributed by atoms with Gasteiger partial charge >= 0.3 is 12.0 Å². The topological polar surface area (TPSA) is 69.6 Å². The van der Waals surface area contributed by atoms with Crippen molar-refractivity contribution in [1.82, 2.24) is 4.90 Å². The van der Waals surface area contributed by atoms with Crippen molar-refractivity contribution >= 4 is 40.8 Å². The fraction of sp³-hybridized carbons (Fsp3) is 0.333. The molecule has 0 aliphatic carbocycles. The smallest absolute Gasteiger partial charge is 0.327 e. The van der Waals surface area contributed by atoms with Crippen LogP contribution in [0, 0.1) is 0 Å². The molecule has 2 heterocycles. The molecule has 0 spiro atoms. The fourth-order valence-electron chi connectivity index (χ4n) is 1.38. The summed E-state index contributed by atoms with van der Waals surface area (Å²) < 4.78 is 0. The van der Waals surface area contributed by atoms with Crippen LogP contribution < -0.4 is 5.32 Å². The Labute approximate surface area is 100 Å². The Kier molecular flexibility index (Phi) is 3.35. The predicted molar refractivity (Wildman–Crippen MR) is 63.9 cm³/mol. The van der Waals surface area contributed by atoms with E-state index in [0.717, 1.165) is 0 Å². The second kappa shape index (κ2) is 4.75. The van der Waals surface area contributed by atoms with Gasteiger partial charge in [0.25, 0.3) is 0 Å². The van der Waals surface area contributed by atoms with Crippen molar-refractivity contribution in [1.29, 1.82) is 0 Å². The van der Waals surface area contributed by atoms with Crippen LogP contribution in [0.4, 0.5) is 10.5 Å². The molecule has 1 unspecified atom stereocenters. The molecule has 2 N–H and O–H groups in total. The molecule has 0 aromatic carbocycles. The lowest BCUT2D eigenvalue weighted by molar-refractivity contribution is -0.140. The van der Waals surface area contributed by atoms with E-state index in [1.54, 1.807) is 11.4 Å². The van der Waals surface area contributed by atoms with E-state index in [9.17, 15) is 9.59 Å². The molecule has 1 aliphatic rings. The van der Waals surface area contributed by atoms with Crippen LogP contribution in [-0.4, -0.2) is 39.7 Å². The van der Waals surface area contributed by atoms with Crippen molar-refractivity contribution in [2.45, 2.75) is 6.04 Å². The SMILES string of the molecule is O=C(O)C1CSCN1C(=O)Nc1ccsc1. The molecule has 1 atom stereocenters. The van der Waals surface area contributed by atoms with Crippen LogP contribution >= 0.6 is 23.1 Å². The van der Waals surface area contributed by atoms with E-state index in [-0.39, 0.29) is 6.03 Å². The second-order valence-electron chi connectivity index (χ2n) is 3.27. The van der Waals surface area contributed by atoms with E-state index in [1.165, 1.54) is 28.0 Å². The lowest BCUT2D eigenvalue weighted by Gasteiger charge is -2.20. The summed E-state index contributed by atoms with van der Waals surface area (Å²) >= 11 is 2.92. The third kappa shape index (κ3) is 2.30. The minimum atomic E-state index is -0.953. The van der Waals surface area contributed by atoms with E-state index in [0.29, 0.717) is 17.3 Å². The van der Waals surface area contributed by atoms with E-state index in [1.807, 2.05) is 5.38 Å². The molecule has 1 aliphatic heterocycles. The second-order valence-corrected chi connectivity index (χ2v) is 5.05. The third-order valence-electron chi connectivity index (χ3n) is 2.20. The first kappa shape index (κ1) is 11.3. The van der Waals surface area contributed by atoms with Gasteiger partial charge in [-0.25, -0.2) is 9.59 Å². The van der Waals surface area contributed by atoms with E-state index >= 15 is 0 Å². The summed E-state index contributed by atoms with van der Waals surface area (Å²) in [6.07, 6.45) is 0. The number of aliphatic carboxylic acids is 1. The minimum Gasteiger partial charge on any atom is -0.480 e. The van der Waals surface area contributed by atoms with Gasteiger partial charge in [0.2, 0.25) is 0 Å².